The van der Waals surface area contributed by atoms with Gasteiger partial charge in [-0.05, 0) is 36.3 Å². The second-order valence-corrected chi connectivity index (χ2v) is 5.86. The van der Waals surface area contributed by atoms with Crippen LogP contribution in [0.5, 0.6) is 0 Å². The van der Waals surface area contributed by atoms with E-state index in [-0.39, 0.29) is 6.10 Å². The van der Waals surface area contributed by atoms with Crippen LogP contribution in [0.1, 0.15) is 32.4 Å². The first kappa shape index (κ1) is 11.9. The fourth-order valence-electron chi connectivity index (χ4n) is 3.79. The second kappa shape index (κ2) is 4.51. The third-order valence-corrected chi connectivity index (χ3v) is 4.78. The van der Waals surface area contributed by atoms with E-state index in [4.69, 9.17) is 4.74 Å². The van der Waals surface area contributed by atoms with Gasteiger partial charge in [-0.1, -0.05) is 31.6 Å². The second-order valence-electron chi connectivity index (χ2n) is 5.86. The standard InChI is InChI=1S/C16H21NO/c1-10-7-11(2)15-12(3)14(10)9-18-16(15)13-5-4-6-17-8-13/h4-8,10,12,14-16H,9H2,1-3H3/t10-,12-,14+,15-,16-/m0/s1. The van der Waals surface area contributed by atoms with Crippen molar-refractivity contribution in [1.29, 1.82) is 0 Å². The summed E-state index contributed by atoms with van der Waals surface area (Å²) in [6.45, 7) is 7.83. The molecule has 96 valence electrons. The normalized spacial score (nSPS) is 39.3. The SMILES string of the molecule is CC1=C[C@H](C)[C@H]2CO[C@@H](c3cccnc3)[C@@H]1[C@H]2C. The molecule has 2 bridgehead atoms. The van der Waals surface area contributed by atoms with Crippen molar-refractivity contribution in [3.8, 4) is 0 Å². The van der Waals surface area contributed by atoms with Crippen molar-refractivity contribution in [2.24, 2.45) is 23.7 Å². The lowest BCUT2D eigenvalue weighted by atomic mass is 9.65. The van der Waals surface area contributed by atoms with Gasteiger partial charge in [-0.25, -0.2) is 0 Å². The Morgan fingerprint density at radius 3 is 2.89 bits per heavy atom. The lowest BCUT2D eigenvalue weighted by molar-refractivity contribution is -0.0935. The van der Waals surface area contributed by atoms with Crippen LogP contribution in [-0.4, -0.2) is 11.6 Å². The highest BCUT2D eigenvalue weighted by molar-refractivity contribution is 5.23. The zero-order valence-electron chi connectivity index (χ0n) is 11.3. The molecule has 1 aromatic heterocycles. The first-order valence-electron chi connectivity index (χ1n) is 6.88. The summed E-state index contributed by atoms with van der Waals surface area (Å²) in [6.07, 6.45) is 6.41. The Bertz CT molecular complexity index is 453. The zero-order chi connectivity index (χ0) is 12.7. The van der Waals surface area contributed by atoms with Crippen LogP contribution < -0.4 is 0 Å². The molecule has 1 aliphatic carbocycles. The van der Waals surface area contributed by atoms with Crippen LogP contribution in [0.2, 0.25) is 0 Å². The third kappa shape index (κ3) is 1.79. The summed E-state index contributed by atoms with van der Waals surface area (Å²) in [5, 5.41) is 0. The first-order valence-corrected chi connectivity index (χ1v) is 6.88. The summed E-state index contributed by atoms with van der Waals surface area (Å²) in [6, 6.07) is 4.13. The van der Waals surface area contributed by atoms with Crippen LogP contribution in [0.25, 0.3) is 0 Å². The van der Waals surface area contributed by atoms with E-state index < -0.39 is 0 Å². The van der Waals surface area contributed by atoms with Crippen LogP contribution in [-0.2, 0) is 4.74 Å². The van der Waals surface area contributed by atoms with Crippen molar-refractivity contribution < 1.29 is 4.74 Å². The number of fused-ring (bicyclic) bond motifs is 2. The Kier molecular flexibility index (Phi) is 2.98. The van der Waals surface area contributed by atoms with Crippen molar-refractivity contribution in [2.45, 2.75) is 26.9 Å². The number of allylic oxidation sites excluding steroid dienone is 1. The highest BCUT2D eigenvalue weighted by atomic mass is 16.5. The largest absolute Gasteiger partial charge is 0.373 e. The van der Waals surface area contributed by atoms with E-state index in [1.165, 1.54) is 11.1 Å². The maximum atomic E-state index is 6.16. The topological polar surface area (TPSA) is 22.1 Å². The Labute approximate surface area is 109 Å². The Morgan fingerprint density at radius 1 is 1.33 bits per heavy atom. The maximum Gasteiger partial charge on any atom is 0.0907 e. The smallest absolute Gasteiger partial charge is 0.0907 e. The maximum absolute atomic E-state index is 6.16. The molecule has 2 heterocycles. The quantitative estimate of drug-likeness (QED) is 0.703. The van der Waals surface area contributed by atoms with Gasteiger partial charge in [0.05, 0.1) is 12.7 Å². The van der Waals surface area contributed by atoms with Crippen molar-refractivity contribution in [3.05, 3.63) is 41.7 Å². The van der Waals surface area contributed by atoms with Crippen LogP contribution in [0.4, 0.5) is 0 Å². The van der Waals surface area contributed by atoms with Crippen LogP contribution in [0, 0.1) is 23.7 Å². The lowest BCUT2D eigenvalue weighted by Gasteiger charge is -2.47. The van der Waals surface area contributed by atoms with Crippen molar-refractivity contribution >= 4 is 0 Å². The number of aromatic nitrogens is 1. The predicted molar refractivity (Wildman–Crippen MR) is 72.0 cm³/mol. The molecule has 0 amide bonds. The molecule has 0 spiro atoms. The molecular weight excluding hydrogens is 222 g/mol. The van der Waals surface area contributed by atoms with Gasteiger partial charge in [0.15, 0.2) is 0 Å². The molecule has 2 aliphatic rings. The molecule has 1 aromatic rings. The highest BCUT2D eigenvalue weighted by Gasteiger charge is 2.43. The van der Waals surface area contributed by atoms with Crippen LogP contribution in [0.15, 0.2) is 36.2 Å². The molecule has 0 radical (unpaired) electrons. The van der Waals surface area contributed by atoms with E-state index in [1.807, 2.05) is 18.5 Å². The number of hydrogen-bond donors (Lipinski definition) is 0. The summed E-state index contributed by atoms with van der Waals surface area (Å²) in [4.78, 5) is 4.23. The lowest BCUT2D eigenvalue weighted by Crippen LogP contribution is -2.42. The van der Waals surface area contributed by atoms with E-state index >= 15 is 0 Å². The molecule has 0 unspecified atom stereocenters. The fourth-order valence-corrected chi connectivity index (χ4v) is 3.79. The van der Waals surface area contributed by atoms with Gasteiger partial charge >= 0.3 is 0 Å². The minimum absolute atomic E-state index is 0.189. The molecule has 2 nitrogen and oxygen atoms in total. The van der Waals surface area contributed by atoms with E-state index in [1.54, 1.807) is 0 Å². The van der Waals surface area contributed by atoms with Gasteiger partial charge in [-0.15, -0.1) is 0 Å². The zero-order valence-corrected chi connectivity index (χ0v) is 11.3. The Hall–Kier alpha value is -1.15. The summed E-state index contributed by atoms with van der Waals surface area (Å²) in [7, 11) is 0. The fraction of sp³-hybridized carbons (Fsp3) is 0.562. The van der Waals surface area contributed by atoms with E-state index in [0.717, 1.165) is 6.61 Å². The molecule has 3 rings (SSSR count). The van der Waals surface area contributed by atoms with Gasteiger partial charge < -0.3 is 4.74 Å². The van der Waals surface area contributed by atoms with Gasteiger partial charge in [-0.2, -0.15) is 0 Å². The van der Waals surface area contributed by atoms with Gasteiger partial charge in [0, 0.05) is 18.3 Å². The van der Waals surface area contributed by atoms with Gasteiger partial charge in [0.25, 0.3) is 0 Å². The number of pyridine rings is 1. The Morgan fingerprint density at radius 2 is 2.17 bits per heavy atom. The van der Waals surface area contributed by atoms with Gasteiger partial charge in [0.1, 0.15) is 0 Å². The molecule has 18 heavy (non-hydrogen) atoms. The van der Waals surface area contributed by atoms with Crippen molar-refractivity contribution in [1.82, 2.24) is 4.98 Å². The third-order valence-electron chi connectivity index (χ3n) is 4.78. The van der Waals surface area contributed by atoms with Gasteiger partial charge in [0.2, 0.25) is 0 Å². The van der Waals surface area contributed by atoms with Gasteiger partial charge in [-0.3, -0.25) is 4.98 Å². The van der Waals surface area contributed by atoms with E-state index in [9.17, 15) is 0 Å². The van der Waals surface area contributed by atoms with Crippen LogP contribution >= 0.6 is 0 Å². The highest BCUT2D eigenvalue weighted by Crippen LogP contribution is 2.49. The summed E-state index contributed by atoms with van der Waals surface area (Å²) in [5.74, 6) is 2.53. The minimum Gasteiger partial charge on any atom is -0.373 e. The summed E-state index contributed by atoms with van der Waals surface area (Å²) < 4.78 is 6.16. The molecular formula is C16H21NO. The van der Waals surface area contributed by atoms with E-state index in [2.05, 4.69) is 37.9 Å². The average Bonchev–Trinajstić information content (AvgIpc) is 2.37. The summed E-state index contributed by atoms with van der Waals surface area (Å²) in [5.41, 5.74) is 2.70. The number of ether oxygens (including phenoxy) is 1. The molecule has 1 fully saturated rings. The predicted octanol–water partition coefficient (Wildman–Crippen LogP) is 3.62. The van der Waals surface area contributed by atoms with Crippen molar-refractivity contribution in [2.75, 3.05) is 6.61 Å². The molecule has 0 saturated carbocycles. The minimum atomic E-state index is 0.189. The number of nitrogens with zero attached hydrogens (tertiary/aromatic N) is 1. The molecule has 0 aromatic carbocycles. The number of hydrogen-bond acceptors (Lipinski definition) is 2. The average molecular weight is 243 g/mol. The summed E-state index contributed by atoms with van der Waals surface area (Å²) >= 11 is 0. The Balaban J connectivity index is 1.97. The molecule has 2 heteroatoms. The molecule has 5 atom stereocenters. The molecule has 0 N–H and O–H groups in total. The molecule has 1 saturated heterocycles. The monoisotopic (exact) mass is 243 g/mol. The molecule has 1 aliphatic heterocycles. The van der Waals surface area contributed by atoms with Crippen LogP contribution in [0.3, 0.4) is 0 Å². The number of rotatable bonds is 1. The van der Waals surface area contributed by atoms with Crippen molar-refractivity contribution in [3.63, 3.8) is 0 Å². The van der Waals surface area contributed by atoms with E-state index in [0.29, 0.717) is 23.7 Å². The first-order chi connectivity index (χ1) is 8.68.